The first-order valence-electron chi connectivity index (χ1n) is 16.5. The highest BCUT2D eigenvalue weighted by molar-refractivity contribution is 6.32. The third kappa shape index (κ3) is 6.09. The Morgan fingerprint density at radius 3 is 2.47 bits per heavy atom. The molecule has 0 aliphatic carbocycles. The SMILES string of the molecule is C/C(C(=O)O)=C(\C)C(=O)N1C2CCC1CN(c1nc(OC[C@@]34CCCN3C[C@H](F)C4)nc3c(F)c(-c4cc(O)cc(Cl)c4C(F)(F)F)ncc13)C2. The molecule has 1 aromatic carbocycles. The van der Waals surface area contributed by atoms with E-state index < -0.39 is 68.7 Å². The third-order valence-electron chi connectivity index (χ3n) is 10.7. The number of alkyl halides is 4. The maximum absolute atomic E-state index is 16.6. The lowest BCUT2D eigenvalue weighted by Gasteiger charge is -2.42. The summed E-state index contributed by atoms with van der Waals surface area (Å²) in [6.45, 7) is 4.23. The second-order valence-electron chi connectivity index (χ2n) is 13.8. The fourth-order valence-corrected chi connectivity index (χ4v) is 8.47. The molecule has 2 N–H and O–H groups in total. The molecule has 6 heterocycles. The van der Waals surface area contributed by atoms with Gasteiger partial charge in [-0.1, -0.05) is 11.6 Å². The largest absolute Gasteiger partial charge is 0.508 e. The highest BCUT2D eigenvalue weighted by atomic mass is 35.5. The number of aliphatic carboxylic acids is 1. The zero-order chi connectivity index (χ0) is 36.6. The number of hydrogen-bond acceptors (Lipinski definition) is 9. The van der Waals surface area contributed by atoms with E-state index in [9.17, 15) is 37.4 Å². The Labute approximate surface area is 293 Å². The topological polar surface area (TPSA) is 132 Å². The van der Waals surface area contributed by atoms with E-state index in [0.29, 0.717) is 31.9 Å². The highest BCUT2D eigenvalue weighted by Crippen LogP contribution is 2.45. The van der Waals surface area contributed by atoms with Gasteiger partial charge in [0.1, 0.15) is 35.6 Å². The molecule has 4 aliphatic rings. The van der Waals surface area contributed by atoms with Crippen molar-refractivity contribution in [1.29, 1.82) is 0 Å². The number of aromatic nitrogens is 3. The van der Waals surface area contributed by atoms with Gasteiger partial charge in [-0.2, -0.15) is 23.1 Å². The second kappa shape index (κ2) is 12.7. The standard InChI is InChI=1S/C34H34ClF5N6O5/c1-16(17(2)31(49)50)30(48)46-19-4-5-20(46)14-44(13-19)29-23-11-41-27(22-8-21(47)9-24(35)25(22)34(38,39)40)26(37)28(23)42-32(43-29)51-15-33-6-3-7-45(33)12-18(36)10-33/h8-9,11,18-20,47H,3-7,10,12-15H2,1-2H3,(H,49,50)/b17-16-/t18-,19?,20?,33+/m1/s1. The Hall–Kier alpha value is -4.31. The Kier molecular flexibility index (Phi) is 8.76. The molecule has 0 saturated carbocycles. The number of benzene rings is 1. The summed E-state index contributed by atoms with van der Waals surface area (Å²) in [7, 11) is 0. The summed E-state index contributed by atoms with van der Waals surface area (Å²) in [5.74, 6) is -3.29. The van der Waals surface area contributed by atoms with Crippen LogP contribution in [0.1, 0.15) is 51.5 Å². The number of carbonyl (C=O) groups excluding carboxylic acids is 1. The quantitative estimate of drug-likeness (QED) is 0.228. The van der Waals surface area contributed by atoms with Crippen LogP contribution in [0.15, 0.2) is 29.5 Å². The summed E-state index contributed by atoms with van der Waals surface area (Å²) in [5.41, 5.74) is -3.89. The summed E-state index contributed by atoms with van der Waals surface area (Å²) in [4.78, 5) is 43.5. The number of anilines is 1. The van der Waals surface area contributed by atoms with Crippen LogP contribution in [-0.2, 0) is 15.8 Å². The molecule has 4 aliphatic heterocycles. The minimum atomic E-state index is -5.02. The van der Waals surface area contributed by atoms with Gasteiger partial charge in [-0.05, 0) is 58.2 Å². The van der Waals surface area contributed by atoms with E-state index in [2.05, 4.69) is 15.0 Å². The molecule has 4 atom stereocenters. The molecule has 11 nitrogen and oxygen atoms in total. The van der Waals surface area contributed by atoms with Gasteiger partial charge in [-0.3, -0.25) is 14.7 Å². The number of nitrogens with zero attached hydrogens (tertiary/aromatic N) is 6. The second-order valence-corrected chi connectivity index (χ2v) is 14.2. The fourth-order valence-electron chi connectivity index (χ4n) is 8.15. The zero-order valence-electron chi connectivity index (χ0n) is 27.6. The van der Waals surface area contributed by atoms with Gasteiger partial charge in [0, 0.05) is 49.0 Å². The number of phenols is 1. The van der Waals surface area contributed by atoms with Crippen LogP contribution in [0.5, 0.6) is 11.8 Å². The Balaban J connectivity index is 1.31. The van der Waals surface area contributed by atoms with Crippen molar-refractivity contribution in [2.45, 2.75) is 75.9 Å². The molecule has 3 aromatic rings. The van der Waals surface area contributed by atoms with Gasteiger partial charge >= 0.3 is 18.2 Å². The van der Waals surface area contributed by atoms with Crippen molar-refractivity contribution in [1.82, 2.24) is 24.8 Å². The summed E-state index contributed by atoms with van der Waals surface area (Å²) in [6, 6.07) is 0.449. The van der Waals surface area contributed by atoms with Gasteiger partial charge in [-0.25, -0.2) is 13.6 Å². The summed E-state index contributed by atoms with van der Waals surface area (Å²) >= 11 is 5.90. The van der Waals surface area contributed by atoms with E-state index in [1.165, 1.54) is 13.8 Å². The first-order valence-corrected chi connectivity index (χ1v) is 16.9. The van der Waals surface area contributed by atoms with E-state index in [1.54, 1.807) is 4.90 Å². The van der Waals surface area contributed by atoms with Crippen LogP contribution in [0.4, 0.5) is 27.8 Å². The van der Waals surface area contributed by atoms with Crippen LogP contribution in [0.2, 0.25) is 5.02 Å². The van der Waals surface area contributed by atoms with Crippen LogP contribution in [0.25, 0.3) is 22.2 Å². The molecule has 272 valence electrons. The average molecular weight is 737 g/mol. The smallest absolute Gasteiger partial charge is 0.418 e. The average Bonchev–Trinajstić information content (AvgIpc) is 3.68. The number of carbonyl (C=O) groups is 2. The monoisotopic (exact) mass is 736 g/mol. The van der Waals surface area contributed by atoms with E-state index in [4.69, 9.17) is 16.3 Å². The van der Waals surface area contributed by atoms with Crippen LogP contribution in [-0.4, -0.2) is 103 Å². The maximum Gasteiger partial charge on any atom is 0.418 e. The van der Waals surface area contributed by atoms with E-state index in [1.807, 2.05) is 9.80 Å². The number of piperazine rings is 1. The number of ether oxygens (including phenoxy) is 1. The van der Waals surface area contributed by atoms with Gasteiger partial charge in [0.15, 0.2) is 5.82 Å². The van der Waals surface area contributed by atoms with Crippen LogP contribution >= 0.6 is 11.6 Å². The first-order chi connectivity index (χ1) is 24.1. The first kappa shape index (κ1) is 35.1. The number of fused-ring (bicyclic) bond motifs is 4. The predicted octanol–water partition coefficient (Wildman–Crippen LogP) is 5.76. The number of carboxylic acids is 1. The fraction of sp³-hybridized carbons (Fsp3) is 0.500. The molecule has 4 saturated heterocycles. The van der Waals surface area contributed by atoms with Crippen molar-refractivity contribution in [3.63, 3.8) is 0 Å². The summed E-state index contributed by atoms with van der Waals surface area (Å²) in [6.07, 6.45) is -1.96. The van der Waals surface area contributed by atoms with E-state index in [0.717, 1.165) is 18.7 Å². The van der Waals surface area contributed by atoms with Gasteiger partial charge in [0.05, 0.1) is 33.6 Å². The van der Waals surface area contributed by atoms with Gasteiger partial charge in [0.25, 0.3) is 5.91 Å². The number of phenolic OH excluding ortho intramolecular Hbond substituents is 1. The van der Waals surface area contributed by atoms with Crippen molar-refractivity contribution in [3.05, 3.63) is 45.9 Å². The van der Waals surface area contributed by atoms with Crippen LogP contribution < -0.4 is 9.64 Å². The number of halogens is 6. The molecule has 0 radical (unpaired) electrons. The number of hydrogen-bond donors (Lipinski definition) is 2. The number of rotatable bonds is 7. The lowest BCUT2D eigenvalue weighted by molar-refractivity contribution is -0.137. The minimum Gasteiger partial charge on any atom is -0.508 e. The molecule has 4 fully saturated rings. The molecule has 7 rings (SSSR count). The molecule has 2 aromatic heterocycles. The number of carboxylic acid groups (broad SMARTS) is 1. The predicted molar refractivity (Wildman–Crippen MR) is 175 cm³/mol. The Morgan fingerprint density at radius 1 is 1.10 bits per heavy atom. The van der Waals surface area contributed by atoms with Crippen LogP contribution in [0, 0.1) is 5.82 Å². The normalized spacial score (nSPS) is 25.4. The molecule has 2 unspecified atom stereocenters. The number of amides is 1. The van der Waals surface area contributed by atoms with Crippen molar-refractivity contribution in [2.75, 3.05) is 37.7 Å². The molecule has 0 spiro atoms. The lowest BCUT2D eigenvalue weighted by atomic mass is 9.95. The molecule has 1 amide bonds. The molecule has 2 bridgehead atoms. The van der Waals surface area contributed by atoms with Crippen LogP contribution in [0.3, 0.4) is 0 Å². The summed E-state index contributed by atoms with van der Waals surface area (Å²) in [5, 5.41) is 18.8. The maximum atomic E-state index is 16.6. The lowest BCUT2D eigenvalue weighted by Crippen LogP contribution is -2.56. The molecular weight excluding hydrogens is 703 g/mol. The summed E-state index contributed by atoms with van der Waals surface area (Å²) < 4.78 is 79.7. The number of pyridine rings is 1. The van der Waals surface area contributed by atoms with E-state index >= 15 is 4.39 Å². The third-order valence-corrected chi connectivity index (χ3v) is 11.0. The molecule has 51 heavy (non-hydrogen) atoms. The highest BCUT2D eigenvalue weighted by Gasteiger charge is 2.50. The molecular formula is C34H34ClF5N6O5. The van der Waals surface area contributed by atoms with Crippen molar-refractivity contribution < 1.29 is 46.5 Å². The Morgan fingerprint density at radius 2 is 1.80 bits per heavy atom. The Bertz CT molecular complexity index is 1970. The zero-order valence-corrected chi connectivity index (χ0v) is 28.4. The van der Waals surface area contributed by atoms with Gasteiger partial charge in [0.2, 0.25) is 0 Å². The van der Waals surface area contributed by atoms with Crippen molar-refractivity contribution >= 4 is 40.2 Å². The number of aromatic hydroxyl groups is 1. The molecule has 17 heteroatoms. The van der Waals surface area contributed by atoms with Crippen molar-refractivity contribution in [2.24, 2.45) is 0 Å². The van der Waals surface area contributed by atoms with Gasteiger partial charge < -0.3 is 24.7 Å². The van der Waals surface area contributed by atoms with Gasteiger partial charge in [-0.15, -0.1) is 0 Å². The van der Waals surface area contributed by atoms with E-state index in [-0.39, 0.29) is 73.1 Å². The minimum absolute atomic E-state index is 0.000380. The van der Waals surface area contributed by atoms with Crippen molar-refractivity contribution in [3.8, 4) is 23.0 Å².